The highest BCUT2D eigenvalue weighted by molar-refractivity contribution is 6.31. The Morgan fingerprint density at radius 3 is 2.50 bits per heavy atom. The fourth-order valence-corrected chi connectivity index (χ4v) is 2.07. The summed E-state index contributed by atoms with van der Waals surface area (Å²) in [5.74, 6) is -0.971. The van der Waals surface area contributed by atoms with Gasteiger partial charge in [-0.05, 0) is 36.2 Å². The van der Waals surface area contributed by atoms with Gasteiger partial charge in [0.25, 0.3) is 0 Å². The monoisotopic (exact) mass is 268 g/mol. The predicted octanol–water partition coefficient (Wildman–Crippen LogP) is 4.01. The Hall–Kier alpha value is -1.45. The molecule has 0 fully saturated rings. The molecule has 2 aromatic rings. The van der Waals surface area contributed by atoms with Crippen LogP contribution in [0.15, 0.2) is 36.4 Å². The highest BCUT2D eigenvalue weighted by Gasteiger charge is 2.18. The van der Waals surface area contributed by atoms with E-state index in [0.29, 0.717) is 11.1 Å². The first kappa shape index (κ1) is 13.0. The molecular weight excluding hydrogens is 258 g/mol. The molecule has 0 bridgehead atoms. The zero-order valence-corrected chi connectivity index (χ0v) is 10.4. The van der Waals surface area contributed by atoms with E-state index in [1.807, 2.05) is 0 Å². The van der Waals surface area contributed by atoms with Crippen LogP contribution in [0.25, 0.3) is 0 Å². The first-order valence-electron chi connectivity index (χ1n) is 5.38. The summed E-state index contributed by atoms with van der Waals surface area (Å²) in [5, 5.41) is 10.1. The average molecular weight is 269 g/mol. The molecule has 2 aromatic carbocycles. The average Bonchev–Trinajstić information content (AvgIpc) is 2.32. The van der Waals surface area contributed by atoms with Crippen LogP contribution < -0.4 is 0 Å². The Labute approximate surface area is 109 Å². The topological polar surface area (TPSA) is 20.2 Å². The van der Waals surface area contributed by atoms with E-state index >= 15 is 0 Å². The summed E-state index contributed by atoms with van der Waals surface area (Å²) in [4.78, 5) is 0. The van der Waals surface area contributed by atoms with Gasteiger partial charge in [0.2, 0.25) is 0 Å². The van der Waals surface area contributed by atoms with E-state index in [9.17, 15) is 13.9 Å². The summed E-state index contributed by atoms with van der Waals surface area (Å²) >= 11 is 5.81. The van der Waals surface area contributed by atoms with Crippen molar-refractivity contribution < 1.29 is 13.9 Å². The van der Waals surface area contributed by atoms with Crippen molar-refractivity contribution in [3.63, 3.8) is 0 Å². The number of hydrogen-bond donors (Lipinski definition) is 1. The summed E-state index contributed by atoms with van der Waals surface area (Å²) in [6, 6.07) is 8.26. The molecule has 1 unspecified atom stereocenters. The third kappa shape index (κ3) is 2.37. The van der Waals surface area contributed by atoms with Gasteiger partial charge in [-0.3, -0.25) is 0 Å². The van der Waals surface area contributed by atoms with Gasteiger partial charge in [0, 0.05) is 5.56 Å². The molecule has 1 nitrogen and oxygen atoms in total. The highest BCUT2D eigenvalue weighted by atomic mass is 35.5. The van der Waals surface area contributed by atoms with Crippen LogP contribution in [0.5, 0.6) is 0 Å². The van der Waals surface area contributed by atoms with Crippen LogP contribution in [0, 0.1) is 18.6 Å². The molecule has 1 N–H and O–H groups in total. The molecule has 0 aliphatic heterocycles. The second-order valence-electron chi connectivity index (χ2n) is 4.05. The minimum atomic E-state index is -1.08. The number of aliphatic hydroxyl groups is 1. The molecule has 0 aliphatic carbocycles. The lowest BCUT2D eigenvalue weighted by molar-refractivity contribution is 0.219. The van der Waals surface area contributed by atoms with Crippen molar-refractivity contribution in [2.24, 2.45) is 0 Å². The van der Waals surface area contributed by atoms with E-state index in [1.54, 1.807) is 13.0 Å². The van der Waals surface area contributed by atoms with E-state index in [2.05, 4.69) is 0 Å². The van der Waals surface area contributed by atoms with Crippen molar-refractivity contribution in [2.75, 3.05) is 0 Å². The zero-order chi connectivity index (χ0) is 13.3. The molecule has 0 aliphatic rings. The molecule has 1 atom stereocenters. The van der Waals surface area contributed by atoms with Crippen molar-refractivity contribution in [3.8, 4) is 0 Å². The van der Waals surface area contributed by atoms with Crippen molar-refractivity contribution in [3.05, 3.63) is 69.7 Å². The zero-order valence-electron chi connectivity index (χ0n) is 9.62. The lowest BCUT2D eigenvalue weighted by Gasteiger charge is -2.15. The van der Waals surface area contributed by atoms with E-state index in [0.717, 1.165) is 0 Å². The molecule has 0 amide bonds. The van der Waals surface area contributed by atoms with Crippen LogP contribution in [-0.4, -0.2) is 5.11 Å². The van der Waals surface area contributed by atoms with Gasteiger partial charge in [-0.1, -0.05) is 29.8 Å². The normalized spacial score (nSPS) is 12.5. The maximum absolute atomic E-state index is 13.3. The third-order valence-corrected chi connectivity index (χ3v) is 3.20. The van der Waals surface area contributed by atoms with Crippen molar-refractivity contribution in [2.45, 2.75) is 13.0 Å². The molecule has 2 rings (SSSR count). The lowest BCUT2D eigenvalue weighted by Crippen LogP contribution is -2.04. The summed E-state index contributed by atoms with van der Waals surface area (Å²) in [5.41, 5.74) is 1.36. The van der Waals surface area contributed by atoms with Crippen LogP contribution in [0.3, 0.4) is 0 Å². The SMILES string of the molecule is Cc1cc(F)ccc1C(O)c1cccc(F)c1Cl. The van der Waals surface area contributed by atoms with Gasteiger partial charge < -0.3 is 5.11 Å². The summed E-state index contributed by atoms with van der Waals surface area (Å²) < 4.78 is 26.3. The van der Waals surface area contributed by atoms with Crippen molar-refractivity contribution in [1.29, 1.82) is 0 Å². The molecule has 0 radical (unpaired) electrons. The van der Waals surface area contributed by atoms with Crippen LogP contribution in [0.1, 0.15) is 22.8 Å². The van der Waals surface area contributed by atoms with E-state index in [-0.39, 0.29) is 16.4 Å². The lowest BCUT2D eigenvalue weighted by atomic mass is 9.97. The Balaban J connectivity index is 2.48. The fraction of sp³-hybridized carbons (Fsp3) is 0.143. The quantitative estimate of drug-likeness (QED) is 0.873. The van der Waals surface area contributed by atoms with Crippen LogP contribution in [0.4, 0.5) is 8.78 Å². The second kappa shape index (κ2) is 5.04. The number of hydrogen-bond acceptors (Lipinski definition) is 1. The molecule has 0 heterocycles. The molecule has 4 heteroatoms. The summed E-state index contributed by atoms with van der Waals surface area (Å²) in [7, 11) is 0. The molecule has 0 aromatic heterocycles. The van der Waals surface area contributed by atoms with Gasteiger partial charge >= 0.3 is 0 Å². The summed E-state index contributed by atoms with van der Waals surface area (Å²) in [6.07, 6.45) is -1.08. The minimum absolute atomic E-state index is 0.117. The van der Waals surface area contributed by atoms with E-state index in [1.165, 1.54) is 30.3 Å². The van der Waals surface area contributed by atoms with Gasteiger partial charge in [-0.15, -0.1) is 0 Å². The van der Waals surface area contributed by atoms with Crippen molar-refractivity contribution >= 4 is 11.6 Å². The molecule has 0 saturated heterocycles. The van der Waals surface area contributed by atoms with Crippen LogP contribution in [-0.2, 0) is 0 Å². The first-order valence-corrected chi connectivity index (χ1v) is 5.76. The molecular formula is C14H11ClF2O. The Kier molecular flexibility index (Phi) is 3.64. The van der Waals surface area contributed by atoms with Gasteiger partial charge in [0.15, 0.2) is 0 Å². The maximum atomic E-state index is 13.3. The third-order valence-electron chi connectivity index (χ3n) is 2.80. The van der Waals surface area contributed by atoms with E-state index < -0.39 is 11.9 Å². The van der Waals surface area contributed by atoms with E-state index in [4.69, 9.17) is 11.6 Å². The number of rotatable bonds is 2. The fourth-order valence-electron chi connectivity index (χ4n) is 1.85. The largest absolute Gasteiger partial charge is 0.384 e. The minimum Gasteiger partial charge on any atom is -0.384 e. The number of aryl methyl sites for hydroxylation is 1. The Morgan fingerprint density at radius 2 is 1.83 bits per heavy atom. The van der Waals surface area contributed by atoms with Crippen molar-refractivity contribution in [1.82, 2.24) is 0 Å². The van der Waals surface area contributed by atoms with Crippen LogP contribution in [0.2, 0.25) is 5.02 Å². The standard InChI is InChI=1S/C14H11ClF2O/c1-8-7-9(16)5-6-10(8)14(18)11-3-2-4-12(17)13(11)15/h2-7,14,18H,1H3. The smallest absolute Gasteiger partial charge is 0.142 e. The number of benzene rings is 2. The Morgan fingerprint density at radius 1 is 1.11 bits per heavy atom. The van der Waals surface area contributed by atoms with Gasteiger partial charge in [0.1, 0.15) is 17.7 Å². The molecule has 0 saturated carbocycles. The van der Waals surface area contributed by atoms with Gasteiger partial charge in [0.05, 0.1) is 5.02 Å². The number of aliphatic hydroxyl groups excluding tert-OH is 1. The maximum Gasteiger partial charge on any atom is 0.142 e. The molecule has 0 spiro atoms. The first-order chi connectivity index (χ1) is 8.50. The summed E-state index contributed by atoms with van der Waals surface area (Å²) in [6.45, 7) is 1.68. The molecule has 94 valence electrons. The molecule has 18 heavy (non-hydrogen) atoms. The predicted molar refractivity (Wildman–Crippen MR) is 66.6 cm³/mol. The van der Waals surface area contributed by atoms with Crippen LogP contribution >= 0.6 is 11.6 Å². The number of halogens is 3. The Bertz CT molecular complexity index is 584. The van der Waals surface area contributed by atoms with Gasteiger partial charge in [-0.25, -0.2) is 8.78 Å². The second-order valence-corrected chi connectivity index (χ2v) is 4.42. The highest BCUT2D eigenvalue weighted by Crippen LogP contribution is 2.31. The van der Waals surface area contributed by atoms with Gasteiger partial charge in [-0.2, -0.15) is 0 Å².